The molecule has 0 saturated carbocycles. The molecule has 0 unspecified atom stereocenters. The monoisotopic (exact) mass is 544 g/mol. The predicted molar refractivity (Wildman–Crippen MR) is 156 cm³/mol. The highest BCUT2D eigenvalue weighted by molar-refractivity contribution is 6.00. The summed E-state index contributed by atoms with van der Waals surface area (Å²) in [6.45, 7) is 12.0. The number of hydrogen-bond donors (Lipinski definition) is 2. The van der Waals surface area contributed by atoms with E-state index in [1.807, 2.05) is 79.7 Å². The van der Waals surface area contributed by atoms with E-state index in [1.165, 1.54) is 13.8 Å². The van der Waals surface area contributed by atoms with E-state index in [9.17, 15) is 14.4 Å². The van der Waals surface area contributed by atoms with Crippen LogP contribution in [0.3, 0.4) is 0 Å². The molecule has 0 atom stereocenters. The molecule has 0 fully saturated rings. The van der Waals surface area contributed by atoms with Gasteiger partial charge in [0.15, 0.2) is 0 Å². The predicted octanol–water partition coefficient (Wildman–Crippen LogP) is 4.85. The molecule has 2 aromatic carbocycles. The average Bonchev–Trinajstić information content (AvgIpc) is 3.26. The van der Waals surface area contributed by atoms with Gasteiger partial charge in [0.25, 0.3) is 0 Å². The summed E-state index contributed by atoms with van der Waals surface area (Å²) in [5, 5.41) is 15.1. The summed E-state index contributed by atoms with van der Waals surface area (Å²) < 4.78 is 1.95. The molecule has 3 aromatic rings. The maximum Gasteiger partial charge on any atom is 0.227 e. The summed E-state index contributed by atoms with van der Waals surface area (Å²) in [5.74, 6) is -0.173. The molecule has 3 amide bonds. The fraction of sp³-hybridized carbons (Fsp3) is 0.452. The third-order valence-electron chi connectivity index (χ3n) is 7.25. The quantitative estimate of drug-likeness (QED) is 0.400. The molecular formula is C31H40N6O3. The van der Waals surface area contributed by atoms with Crippen LogP contribution in [0.2, 0.25) is 0 Å². The van der Waals surface area contributed by atoms with Crippen LogP contribution >= 0.6 is 0 Å². The zero-order valence-corrected chi connectivity index (χ0v) is 24.4. The van der Waals surface area contributed by atoms with Crippen molar-refractivity contribution >= 4 is 23.4 Å². The minimum Gasteiger partial charge on any atom is -0.351 e. The van der Waals surface area contributed by atoms with Gasteiger partial charge in [0.1, 0.15) is 5.69 Å². The molecule has 2 heterocycles. The van der Waals surface area contributed by atoms with Crippen molar-refractivity contribution in [3.05, 3.63) is 54.1 Å². The van der Waals surface area contributed by atoms with E-state index in [0.717, 1.165) is 46.6 Å². The maximum atomic E-state index is 13.7. The zero-order chi connectivity index (χ0) is 29.1. The molecule has 212 valence electrons. The number of nitrogens with zero attached hydrogens (tertiary/aromatic N) is 4. The first-order valence-corrected chi connectivity index (χ1v) is 13.9. The number of aromatic nitrogens is 3. The lowest BCUT2D eigenvalue weighted by Crippen LogP contribution is -2.43. The van der Waals surface area contributed by atoms with Gasteiger partial charge in [0.05, 0.1) is 17.9 Å². The number of nitrogens with one attached hydrogen (secondary N) is 2. The van der Waals surface area contributed by atoms with Crippen molar-refractivity contribution in [2.75, 3.05) is 4.90 Å². The Morgan fingerprint density at radius 2 is 1.45 bits per heavy atom. The summed E-state index contributed by atoms with van der Waals surface area (Å²) in [5.41, 5.74) is 4.50. The number of fused-ring (bicyclic) bond motifs is 5. The molecule has 1 aliphatic rings. The van der Waals surface area contributed by atoms with Crippen LogP contribution in [-0.2, 0) is 27.5 Å². The molecule has 1 aliphatic heterocycles. The SMILES string of the molecule is CC(=O)NC(C)(C)CCCn1nnc2c1-c1ccccc1CN(C(=O)CCC(C)(C)NC(C)=O)c1ccccc1-2. The number of rotatable bonds is 9. The van der Waals surface area contributed by atoms with Crippen LogP contribution in [0, 0.1) is 0 Å². The highest BCUT2D eigenvalue weighted by Crippen LogP contribution is 2.41. The highest BCUT2D eigenvalue weighted by Gasteiger charge is 2.30. The summed E-state index contributed by atoms with van der Waals surface area (Å²) in [4.78, 5) is 38.8. The van der Waals surface area contributed by atoms with E-state index in [2.05, 4.69) is 27.0 Å². The third-order valence-corrected chi connectivity index (χ3v) is 7.25. The first-order valence-electron chi connectivity index (χ1n) is 13.9. The Bertz CT molecular complexity index is 1410. The zero-order valence-electron chi connectivity index (χ0n) is 24.4. The van der Waals surface area contributed by atoms with Crippen molar-refractivity contribution in [3.63, 3.8) is 0 Å². The molecule has 0 bridgehead atoms. The van der Waals surface area contributed by atoms with Crippen LogP contribution in [0.25, 0.3) is 22.5 Å². The maximum absolute atomic E-state index is 13.7. The van der Waals surface area contributed by atoms with Crippen LogP contribution in [0.15, 0.2) is 48.5 Å². The molecule has 4 rings (SSSR count). The Hall–Kier alpha value is -4.01. The van der Waals surface area contributed by atoms with Crippen LogP contribution in [0.5, 0.6) is 0 Å². The number of aryl methyl sites for hydroxylation is 1. The topological polar surface area (TPSA) is 109 Å². The van der Waals surface area contributed by atoms with Crippen molar-refractivity contribution in [2.45, 2.75) is 91.4 Å². The highest BCUT2D eigenvalue weighted by atomic mass is 16.2. The second kappa shape index (κ2) is 11.6. The average molecular weight is 545 g/mol. The summed E-state index contributed by atoms with van der Waals surface area (Å²) >= 11 is 0. The van der Waals surface area contributed by atoms with Crippen molar-refractivity contribution in [2.24, 2.45) is 0 Å². The van der Waals surface area contributed by atoms with Gasteiger partial charge in [-0.3, -0.25) is 14.4 Å². The largest absolute Gasteiger partial charge is 0.351 e. The van der Waals surface area contributed by atoms with E-state index in [-0.39, 0.29) is 29.7 Å². The van der Waals surface area contributed by atoms with Crippen LogP contribution in [-0.4, -0.2) is 43.8 Å². The fourth-order valence-corrected chi connectivity index (χ4v) is 5.50. The second-order valence-electron chi connectivity index (χ2n) is 11.9. The Morgan fingerprint density at radius 3 is 2.12 bits per heavy atom. The molecule has 0 saturated heterocycles. The third kappa shape index (κ3) is 6.76. The number of carbonyl (C=O) groups is 3. The summed E-state index contributed by atoms with van der Waals surface area (Å²) in [6, 6.07) is 15.9. The minimum atomic E-state index is -0.494. The Balaban J connectivity index is 1.69. The van der Waals surface area contributed by atoms with E-state index < -0.39 is 5.54 Å². The number of amides is 3. The van der Waals surface area contributed by atoms with Gasteiger partial charge in [-0.05, 0) is 58.6 Å². The molecular weight excluding hydrogens is 504 g/mol. The van der Waals surface area contributed by atoms with Gasteiger partial charge >= 0.3 is 0 Å². The van der Waals surface area contributed by atoms with E-state index >= 15 is 0 Å². The number of hydrogen-bond acceptors (Lipinski definition) is 5. The molecule has 9 nitrogen and oxygen atoms in total. The molecule has 0 radical (unpaired) electrons. The first kappa shape index (κ1) is 29.0. The standard InChI is InChI=1S/C31H40N6O3/c1-21(38)32-30(3,4)17-11-19-37-29-24-13-8-7-12-23(24)20-36(27(40)16-18-31(5,6)33-22(2)39)26-15-10-9-14-25(26)28(29)34-35-37/h7-10,12-15H,11,16-20H2,1-6H3,(H,32,38)(H,33,39). The molecule has 9 heteroatoms. The molecule has 0 aliphatic carbocycles. The van der Waals surface area contributed by atoms with E-state index in [1.54, 1.807) is 0 Å². The van der Waals surface area contributed by atoms with Crippen molar-refractivity contribution in [1.29, 1.82) is 0 Å². The number of para-hydroxylation sites is 1. The smallest absolute Gasteiger partial charge is 0.227 e. The molecule has 1 aromatic heterocycles. The lowest BCUT2D eigenvalue weighted by molar-refractivity contribution is -0.122. The van der Waals surface area contributed by atoms with E-state index in [0.29, 0.717) is 19.5 Å². The Kier molecular flexibility index (Phi) is 8.42. The normalized spacial score (nSPS) is 12.9. The minimum absolute atomic E-state index is 0.0169. The van der Waals surface area contributed by atoms with Crippen LogP contribution in [0.4, 0.5) is 5.69 Å². The first-order chi connectivity index (χ1) is 18.9. The van der Waals surface area contributed by atoms with Crippen molar-refractivity contribution < 1.29 is 14.4 Å². The Labute approximate surface area is 236 Å². The summed E-state index contributed by atoms with van der Waals surface area (Å²) in [6.07, 6.45) is 2.40. The van der Waals surface area contributed by atoms with Gasteiger partial charge < -0.3 is 15.5 Å². The van der Waals surface area contributed by atoms with Gasteiger partial charge in [0, 0.05) is 49.0 Å². The van der Waals surface area contributed by atoms with Gasteiger partial charge in [0.2, 0.25) is 17.7 Å². The second-order valence-corrected chi connectivity index (χ2v) is 11.9. The van der Waals surface area contributed by atoms with Crippen LogP contribution in [0.1, 0.15) is 72.8 Å². The number of carbonyl (C=O) groups excluding carboxylic acids is 3. The van der Waals surface area contributed by atoms with Crippen molar-refractivity contribution in [3.8, 4) is 22.5 Å². The molecule has 40 heavy (non-hydrogen) atoms. The van der Waals surface area contributed by atoms with Crippen molar-refractivity contribution in [1.82, 2.24) is 25.6 Å². The summed E-state index contributed by atoms with van der Waals surface area (Å²) in [7, 11) is 0. The fourth-order valence-electron chi connectivity index (χ4n) is 5.50. The van der Waals surface area contributed by atoms with Gasteiger partial charge in [-0.1, -0.05) is 47.7 Å². The molecule has 2 N–H and O–H groups in total. The van der Waals surface area contributed by atoms with E-state index in [4.69, 9.17) is 0 Å². The van der Waals surface area contributed by atoms with Gasteiger partial charge in [-0.15, -0.1) is 5.10 Å². The number of benzene rings is 2. The molecule has 0 spiro atoms. The Morgan fingerprint density at radius 1 is 0.850 bits per heavy atom. The number of anilines is 1. The van der Waals surface area contributed by atoms with Gasteiger partial charge in [-0.25, -0.2) is 4.68 Å². The lowest BCUT2D eigenvalue weighted by atomic mass is 9.94. The van der Waals surface area contributed by atoms with Gasteiger partial charge in [-0.2, -0.15) is 0 Å². The van der Waals surface area contributed by atoms with Crippen LogP contribution < -0.4 is 15.5 Å². The lowest BCUT2D eigenvalue weighted by Gasteiger charge is -2.30.